The van der Waals surface area contributed by atoms with E-state index in [0.29, 0.717) is 6.61 Å². The number of alkyl halides is 3. The van der Waals surface area contributed by atoms with E-state index in [2.05, 4.69) is 4.74 Å². The van der Waals surface area contributed by atoms with E-state index in [-0.39, 0.29) is 0 Å². The molecule has 0 aliphatic carbocycles. The van der Waals surface area contributed by atoms with Gasteiger partial charge >= 0.3 is 0 Å². The monoisotopic (exact) mass is 140 g/mol. The Morgan fingerprint density at radius 3 is 2.44 bits per heavy atom. The van der Waals surface area contributed by atoms with Crippen molar-refractivity contribution in [2.45, 2.75) is 18.4 Å². The largest absolute Gasteiger partial charge is 0.373 e. The molecule has 1 nitrogen and oxygen atoms in total. The zero-order valence-corrected chi connectivity index (χ0v) is 4.74. The van der Waals surface area contributed by atoms with Gasteiger partial charge in [0.1, 0.15) is 0 Å². The minimum Gasteiger partial charge on any atom is -0.373 e. The fourth-order valence-corrected chi connectivity index (χ4v) is 0.574. The second kappa shape index (κ2) is 2.17. The van der Waals surface area contributed by atoms with Gasteiger partial charge in [-0.25, -0.2) is 13.2 Å². The summed E-state index contributed by atoms with van der Waals surface area (Å²) in [5.74, 6) is -3.17. The van der Waals surface area contributed by atoms with Crippen molar-refractivity contribution in [3.8, 4) is 0 Å². The standard InChI is InChI=1S/C5H7F3O/c6-3-5(7,8)1-4-2-9-4/h4H,1-3H2. The Bertz CT molecular complexity index is 100. The average Bonchev–Trinajstić information content (AvgIpc) is 2.50. The van der Waals surface area contributed by atoms with Gasteiger partial charge in [0.25, 0.3) is 5.92 Å². The summed E-state index contributed by atoms with van der Waals surface area (Å²) in [5, 5.41) is 0. The third-order valence-electron chi connectivity index (χ3n) is 1.12. The number of hydrogen-bond acceptors (Lipinski definition) is 1. The molecule has 0 aromatic heterocycles. The van der Waals surface area contributed by atoms with Gasteiger partial charge in [-0.15, -0.1) is 0 Å². The first kappa shape index (κ1) is 6.86. The van der Waals surface area contributed by atoms with Crippen LogP contribution in [-0.2, 0) is 4.74 Å². The van der Waals surface area contributed by atoms with E-state index in [1.54, 1.807) is 0 Å². The Morgan fingerprint density at radius 2 is 2.11 bits per heavy atom. The molecule has 9 heavy (non-hydrogen) atoms. The lowest BCUT2D eigenvalue weighted by Crippen LogP contribution is -2.20. The fraction of sp³-hybridized carbons (Fsp3) is 1.00. The highest BCUT2D eigenvalue weighted by Crippen LogP contribution is 2.27. The summed E-state index contributed by atoms with van der Waals surface area (Å²) in [5.41, 5.74) is 0. The van der Waals surface area contributed by atoms with E-state index < -0.39 is 25.1 Å². The van der Waals surface area contributed by atoms with Crippen LogP contribution in [0.2, 0.25) is 0 Å². The SMILES string of the molecule is FCC(F)(F)CC1CO1. The highest BCUT2D eigenvalue weighted by atomic mass is 19.3. The first-order valence-electron chi connectivity index (χ1n) is 2.69. The lowest BCUT2D eigenvalue weighted by molar-refractivity contribution is -0.0354. The Hall–Kier alpha value is -0.250. The van der Waals surface area contributed by atoms with Crippen LogP contribution in [0.4, 0.5) is 13.2 Å². The van der Waals surface area contributed by atoms with Gasteiger partial charge in [-0.05, 0) is 0 Å². The van der Waals surface area contributed by atoms with Crippen molar-refractivity contribution >= 4 is 0 Å². The van der Waals surface area contributed by atoms with Crippen molar-refractivity contribution < 1.29 is 17.9 Å². The minimum absolute atomic E-state index is 0.357. The Labute approximate surface area is 50.8 Å². The number of ether oxygens (including phenoxy) is 1. The van der Waals surface area contributed by atoms with Crippen molar-refractivity contribution in [1.29, 1.82) is 0 Å². The van der Waals surface area contributed by atoms with Gasteiger partial charge in [0.15, 0.2) is 6.67 Å². The lowest BCUT2D eigenvalue weighted by Gasteiger charge is -2.08. The van der Waals surface area contributed by atoms with E-state index in [1.807, 2.05) is 0 Å². The smallest absolute Gasteiger partial charge is 0.278 e. The summed E-state index contributed by atoms with van der Waals surface area (Å²) in [6.07, 6.45) is -0.862. The second-order valence-corrected chi connectivity index (χ2v) is 2.15. The topological polar surface area (TPSA) is 12.5 Å². The molecule has 1 heterocycles. The van der Waals surface area contributed by atoms with Gasteiger partial charge in [0, 0.05) is 6.42 Å². The molecule has 1 rings (SSSR count). The summed E-state index contributed by atoms with van der Waals surface area (Å²) in [6.45, 7) is -1.22. The quantitative estimate of drug-likeness (QED) is 0.539. The molecule has 0 spiro atoms. The van der Waals surface area contributed by atoms with Gasteiger partial charge in [-0.1, -0.05) is 0 Å². The Kier molecular flexibility index (Phi) is 1.66. The fourth-order valence-electron chi connectivity index (χ4n) is 0.574. The molecule has 4 heteroatoms. The normalized spacial score (nSPS) is 26.3. The highest BCUT2D eigenvalue weighted by molar-refractivity contribution is 4.78. The molecule has 0 radical (unpaired) electrons. The van der Waals surface area contributed by atoms with E-state index in [9.17, 15) is 13.2 Å². The van der Waals surface area contributed by atoms with E-state index in [0.717, 1.165) is 0 Å². The number of hydrogen-bond donors (Lipinski definition) is 0. The third kappa shape index (κ3) is 2.22. The Morgan fingerprint density at radius 1 is 1.56 bits per heavy atom. The average molecular weight is 140 g/mol. The predicted octanol–water partition coefficient (Wildman–Crippen LogP) is 1.38. The molecule has 0 aromatic carbocycles. The zero-order valence-electron chi connectivity index (χ0n) is 4.74. The first-order chi connectivity index (χ1) is 4.14. The molecule has 1 saturated heterocycles. The van der Waals surface area contributed by atoms with E-state index in [1.165, 1.54) is 0 Å². The van der Waals surface area contributed by atoms with Gasteiger partial charge < -0.3 is 4.74 Å². The number of halogens is 3. The molecule has 0 amide bonds. The third-order valence-corrected chi connectivity index (χ3v) is 1.12. The molecule has 1 fully saturated rings. The molecular formula is C5H7F3O. The molecule has 0 aromatic rings. The van der Waals surface area contributed by atoms with Crippen LogP contribution in [0.5, 0.6) is 0 Å². The van der Waals surface area contributed by atoms with Crippen LogP contribution in [0.25, 0.3) is 0 Å². The molecule has 1 atom stereocenters. The summed E-state index contributed by atoms with van der Waals surface area (Å²) >= 11 is 0. The van der Waals surface area contributed by atoms with Crippen molar-refractivity contribution in [3.63, 3.8) is 0 Å². The Balaban J connectivity index is 2.21. The van der Waals surface area contributed by atoms with Gasteiger partial charge in [0.05, 0.1) is 12.7 Å². The molecule has 0 saturated carbocycles. The maximum atomic E-state index is 12.0. The van der Waals surface area contributed by atoms with Gasteiger partial charge in [-0.3, -0.25) is 0 Å². The molecule has 1 aliphatic heterocycles. The summed E-state index contributed by atoms with van der Waals surface area (Å²) < 4.78 is 39.8. The second-order valence-electron chi connectivity index (χ2n) is 2.15. The lowest BCUT2D eigenvalue weighted by atomic mass is 10.2. The van der Waals surface area contributed by atoms with Crippen LogP contribution in [0.3, 0.4) is 0 Å². The number of epoxide rings is 1. The molecular weight excluding hydrogens is 133 g/mol. The van der Waals surface area contributed by atoms with Crippen LogP contribution < -0.4 is 0 Å². The molecule has 0 N–H and O–H groups in total. The van der Waals surface area contributed by atoms with Crippen molar-refractivity contribution in [2.24, 2.45) is 0 Å². The predicted molar refractivity (Wildman–Crippen MR) is 25.3 cm³/mol. The zero-order chi connectivity index (χ0) is 6.91. The molecule has 54 valence electrons. The van der Waals surface area contributed by atoms with Gasteiger partial charge in [-0.2, -0.15) is 0 Å². The summed E-state index contributed by atoms with van der Waals surface area (Å²) in [7, 11) is 0. The minimum atomic E-state index is -3.17. The van der Waals surface area contributed by atoms with Crippen molar-refractivity contribution in [1.82, 2.24) is 0 Å². The molecule has 1 unspecified atom stereocenters. The van der Waals surface area contributed by atoms with E-state index >= 15 is 0 Å². The maximum Gasteiger partial charge on any atom is 0.278 e. The first-order valence-corrected chi connectivity index (χ1v) is 2.69. The summed E-state index contributed by atoms with van der Waals surface area (Å²) in [4.78, 5) is 0. The van der Waals surface area contributed by atoms with Crippen LogP contribution in [0, 0.1) is 0 Å². The van der Waals surface area contributed by atoms with Gasteiger partial charge in [0.2, 0.25) is 0 Å². The van der Waals surface area contributed by atoms with Crippen molar-refractivity contribution in [3.05, 3.63) is 0 Å². The molecule has 1 aliphatic rings. The maximum absolute atomic E-state index is 12.0. The van der Waals surface area contributed by atoms with Crippen LogP contribution in [-0.4, -0.2) is 25.3 Å². The summed E-state index contributed by atoms with van der Waals surface area (Å²) in [6, 6.07) is 0. The molecule has 0 bridgehead atoms. The van der Waals surface area contributed by atoms with Crippen LogP contribution in [0.15, 0.2) is 0 Å². The van der Waals surface area contributed by atoms with Crippen LogP contribution >= 0.6 is 0 Å². The number of rotatable bonds is 3. The highest BCUT2D eigenvalue weighted by Gasteiger charge is 2.38. The van der Waals surface area contributed by atoms with Crippen molar-refractivity contribution in [2.75, 3.05) is 13.3 Å². The van der Waals surface area contributed by atoms with E-state index in [4.69, 9.17) is 0 Å². The van der Waals surface area contributed by atoms with Crippen LogP contribution in [0.1, 0.15) is 6.42 Å².